The number of halogens is 2. The van der Waals surface area contributed by atoms with E-state index in [1.807, 2.05) is 16.9 Å². The van der Waals surface area contributed by atoms with E-state index in [-0.39, 0.29) is 17.7 Å². The number of methoxy groups -OCH3 is 2. The Balaban J connectivity index is 1.46. The highest BCUT2D eigenvalue weighted by Crippen LogP contribution is 2.46. The van der Waals surface area contributed by atoms with Crippen molar-refractivity contribution in [2.75, 3.05) is 32.8 Å². The summed E-state index contributed by atoms with van der Waals surface area (Å²) in [4.78, 5) is 26.5. The molecule has 0 unspecified atom stereocenters. The van der Waals surface area contributed by atoms with Gasteiger partial charge in [0.25, 0.3) is 0 Å². The standard InChI is InChI=1S/C29H28Cl2N6O4/c1-4-19(38)7-16-13-41-14-21(16)35-29-32-10-15-8-20(24-25(30)22(39-2)9-23(40-3)26(24)31)34-28(27(15)36-29)17-11-33-37(12-17)18-5-6-18/h4,8-12,16,18,21H,1,5-7,13-14H2,2-3H3,(H,32,35,36)/t16-,21+/m0/s1. The minimum Gasteiger partial charge on any atom is -0.495 e. The van der Waals surface area contributed by atoms with E-state index in [0.29, 0.717) is 75.6 Å². The number of pyridine rings is 1. The molecular formula is C29H28Cl2N6O4. The molecule has 1 aromatic carbocycles. The minimum atomic E-state index is -0.119. The van der Waals surface area contributed by atoms with Crippen LogP contribution in [0, 0.1) is 5.92 Å². The number of rotatable bonds is 10. The van der Waals surface area contributed by atoms with Crippen molar-refractivity contribution < 1.29 is 19.0 Å². The second-order valence-corrected chi connectivity index (χ2v) is 10.9. The van der Waals surface area contributed by atoms with Gasteiger partial charge in [0.15, 0.2) is 5.78 Å². The molecule has 1 aliphatic heterocycles. The molecule has 212 valence electrons. The predicted molar refractivity (Wildman–Crippen MR) is 157 cm³/mol. The second-order valence-electron chi connectivity index (χ2n) is 10.1. The number of nitrogens with one attached hydrogen (secondary N) is 1. The topological polar surface area (TPSA) is 113 Å². The molecule has 4 heterocycles. The molecule has 2 atom stereocenters. The summed E-state index contributed by atoms with van der Waals surface area (Å²) in [6.07, 6.45) is 9.38. The van der Waals surface area contributed by atoms with Gasteiger partial charge >= 0.3 is 0 Å². The Bertz CT molecular complexity index is 1630. The third kappa shape index (κ3) is 5.35. The number of fused-ring (bicyclic) bond motifs is 1. The van der Waals surface area contributed by atoms with Crippen LogP contribution in [0.2, 0.25) is 10.0 Å². The first-order chi connectivity index (χ1) is 19.9. The Kier molecular flexibility index (Phi) is 7.54. The van der Waals surface area contributed by atoms with Crippen LogP contribution in [-0.2, 0) is 9.53 Å². The lowest BCUT2D eigenvalue weighted by Crippen LogP contribution is -2.30. The van der Waals surface area contributed by atoms with Gasteiger partial charge < -0.3 is 19.5 Å². The van der Waals surface area contributed by atoms with Gasteiger partial charge in [0.2, 0.25) is 5.95 Å². The Labute approximate surface area is 246 Å². The Morgan fingerprint density at radius 2 is 1.90 bits per heavy atom. The van der Waals surface area contributed by atoms with Crippen LogP contribution < -0.4 is 14.8 Å². The fourth-order valence-electron chi connectivity index (χ4n) is 5.01. The third-order valence-corrected chi connectivity index (χ3v) is 8.15. The molecule has 2 aliphatic rings. The van der Waals surface area contributed by atoms with Gasteiger partial charge in [-0.15, -0.1) is 0 Å². The molecule has 0 spiro atoms. The lowest BCUT2D eigenvalue weighted by atomic mass is 9.97. The van der Waals surface area contributed by atoms with Gasteiger partial charge in [-0.05, 0) is 25.0 Å². The molecule has 10 nitrogen and oxygen atoms in total. The molecule has 2 fully saturated rings. The van der Waals surface area contributed by atoms with Crippen molar-refractivity contribution in [1.29, 1.82) is 0 Å². The number of ether oxygens (including phenoxy) is 3. The number of hydrogen-bond acceptors (Lipinski definition) is 9. The number of nitrogens with zero attached hydrogens (tertiary/aromatic N) is 5. The van der Waals surface area contributed by atoms with Crippen LogP contribution in [0.4, 0.5) is 5.95 Å². The van der Waals surface area contributed by atoms with E-state index in [4.69, 9.17) is 47.4 Å². The second kappa shape index (κ2) is 11.3. The van der Waals surface area contributed by atoms with Gasteiger partial charge in [0.05, 0.1) is 61.5 Å². The van der Waals surface area contributed by atoms with E-state index in [1.54, 1.807) is 18.5 Å². The summed E-state index contributed by atoms with van der Waals surface area (Å²) < 4.78 is 18.6. The molecule has 3 aromatic heterocycles. The maximum Gasteiger partial charge on any atom is 0.223 e. The highest BCUT2D eigenvalue weighted by Gasteiger charge is 2.31. The van der Waals surface area contributed by atoms with Crippen molar-refractivity contribution in [3.63, 3.8) is 0 Å². The van der Waals surface area contributed by atoms with E-state index in [1.165, 1.54) is 20.3 Å². The summed E-state index contributed by atoms with van der Waals surface area (Å²) in [6.45, 7) is 4.51. The monoisotopic (exact) mass is 594 g/mol. The summed E-state index contributed by atoms with van der Waals surface area (Å²) in [7, 11) is 3.05. The van der Waals surface area contributed by atoms with E-state index in [2.05, 4.69) is 22.0 Å². The van der Waals surface area contributed by atoms with Crippen molar-refractivity contribution >= 4 is 45.8 Å². The van der Waals surface area contributed by atoms with Crippen LogP contribution in [0.1, 0.15) is 25.3 Å². The molecule has 1 saturated heterocycles. The minimum absolute atomic E-state index is 0.0103. The molecule has 1 aliphatic carbocycles. The quantitative estimate of drug-likeness (QED) is 0.228. The summed E-state index contributed by atoms with van der Waals surface area (Å²) >= 11 is 13.5. The average molecular weight is 595 g/mol. The van der Waals surface area contributed by atoms with Crippen LogP contribution in [0.5, 0.6) is 11.5 Å². The first-order valence-electron chi connectivity index (χ1n) is 13.2. The van der Waals surface area contributed by atoms with Crippen molar-refractivity contribution in [2.24, 2.45) is 5.92 Å². The van der Waals surface area contributed by atoms with Crippen LogP contribution in [0.25, 0.3) is 33.4 Å². The van der Waals surface area contributed by atoms with Crippen LogP contribution in [0.3, 0.4) is 0 Å². The molecule has 1 N–H and O–H groups in total. The van der Waals surface area contributed by atoms with Crippen LogP contribution >= 0.6 is 23.2 Å². The number of aromatic nitrogens is 5. The number of carbonyl (C=O) groups is 1. The number of benzene rings is 1. The van der Waals surface area contributed by atoms with Gasteiger partial charge in [-0.25, -0.2) is 15.0 Å². The number of ketones is 1. The van der Waals surface area contributed by atoms with E-state index < -0.39 is 0 Å². The first-order valence-corrected chi connectivity index (χ1v) is 14.0. The van der Waals surface area contributed by atoms with Crippen LogP contribution in [-0.4, -0.2) is 64.0 Å². The summed E-state index contributed by atoms with van der Waals surface area (Å²) in [5, 5.41) is 9.28. The fourth-order valence-corrected chi connectivity index (χ4v) is 5.71. The maximum absolute atomic E-state index is 12.0. The SMILES string of the molecule is C=CC(=O)C[C@H]1COC[C@H]1Nc1ncc2cc(-c3c(Cl)c(OC)cc(OC)c3Cl)nc(-c3cnn(C4CC4)c3)c2n1. The highest BCUT2D eigenvalue weighted by atomic mass is 35.5. The lowest BCUT2D eigenvalue weighted by Gasteiger charge is -2.19. The van der Waals surface area contributed by atoms with E-state index >= 15 is 0 Å². The summed E-state index contributed by atoms with van der Waals surface area (Å²) in [5.41, 5.74) is 3.01. The third-order valence-electron chi connectivity index (χ3n) is 7.40. The lowest BCUT2D eigenvalue weighted by molar-refractivity contribution is -0.115. The largest absolute Gasteiger partial charge is 0.495 e. The van der Waals surface area contributed by atoms with Crippen molar-refractivity contribution in [3.05, 3.63) is 53.4 Å². The molecular weight excluding hydrogens is 567 g/mol. The summed E-state index contributed by atoms with van der Waals surface area (Å²) in [5.74, 6) is 1.20. The molecule has 41 heavy (non-hydrogen) atoms. The molecule has 12 heteroatoms. The van der Waals surface area contributed by atoms with Crippen molar-refractivity contribution in [2.45, 2.75) is 31.3 Å². The Morgan fingerprint density at radius 1 is 1.15 bits per heavy atom. The smallest absolute Gasteiger partial charge is 0.223 e. The first kappa shape index (κ1) is 27.4. The molecule has 1 saturated carbocycles. The van der Waals surface area contributed by atoms with Gasteiger partial charge in [0.1, 0.15) is 22.7 Å². The predicted octanol–water partition coefficient (Wildman–Crippen LogP) is 5.79. The maximum atomic E-state index is 12.0. The zero-order valence-electron chi connectivity index (χ0n) is 22.6. The summed E-state index contributed by atoms with van der Waals surface area (Å²) in [6, 6.07) is 3.75. The number of anilines is 1. The van der Waals surface area contributed by atoms with Crippen molar-refractivity contribution in [1.82, 2.24) is 24.7 Å². The normalized spacial score (nSPS) is 18.4. The van der Waals surface area contributed by atoms with Gasteiger partial charge in [-0.2, -0.15) is 5.10 Å². The van der Waals surface area contributed by atoms with Gasteiger partial charge in [0, 0.05) is 47.3 Å². The Morgan fingerprint density at radius 3 is 2.59 bits per heavy atom. The fraction of sp³-hybridized carbons (Fsp3) is 0.345. The number of carbonyl (C=O) groups excluding carboxylic acids is 1. The van der Waals surface area contributed by atoms with E-state index in [9.17, 15) is 4.79 Å². The van der Waals surface area contributed by atoms with Gasteiger partial charge in [-0.1, -0.05) is 29.8 Å². The van der Waals surface area contributed by atoms with Crippen molar-refractivity contribution in [3.8, 4) is 34.0 Å². The van der Waals surface area contributed by atoms with Crippen LogP contribution in [0.15, 0.2) is 43.4 Å². The molecule has 0 amide bonds. The molecule has 4 aromatic rings. The molecule has 0 radical (unpaired) electrons. The Hall–Kier alpha value is -3.73. The molecule has 0 bridgehead atoms. The number of hydrogen-bond donors (Lipinski definition) is 1. The molecule has 6 rings (SSSR count). The zero-order chi connectivity index (χ0) is 28.7. The zero-order valence-corrected chi connectivity index (χ0v) is 24.1. The number of allylic oxidation sites excluding steroid dienone is 1. The average Bonchev–Trinajstić information content (AvgIpc) is 3.56. The van der Waals surface area contributed by atoms with Gasteiger partial charge in [-0.3, -0.25) is 9.48 Å². The highest BCUT2D eigenvalue weighted by molar-refractivity contribution is 6.41. The van der Waals surface area contributed by atoms with E-state index in [0.717, 1.165) is 23.8 Å².